The number of hydrogen-bond acceptors (Lipinski definition) is 5. The smallest absolute Gasteiger partial charge is 0.271 e. The van der Waals surface area contributed by atoms with Crippen LogP contribution in [0.2, 0.25) is 5.02 Å². The van der Waals surface area contributed by atoms with Crippen molar-refractivity contribution in [1.82, 2.24) is 29.9 Å². The van der Waals surface area contributed by atoms with Crippen molar-refractivity contribution in [3.63, 3.8) is 0 Å². The van der Waals surface area contributed by atoms with Gasteiger partial charge in [0.1, 0.15) is 17.8 Å². The monoisotopic (exact) mass is 426 g/mol. The number of aryl methyl sites for hydroxylation is 1. The number of H-pyrrole nitrogens is 1. The lowest BCUT2D eigenvalue weighted by Crippen LogP contribution is -2.37. The van der Waals surface area contributed by atoms with Crippen LogP contribution < -0.4 is 0 Å². The normalized spacial score (nSPS) is 20.7. The number of ether oxygens (including phenoxy) is 1. The summed E-state index contributed by atoms with van der Waals surface area (Å²) in [6.07, 6.45) is 3.53. The molecular formula is C21H23ClN6O2. The number of aromatic amines is 1. The largest absolute Gasteiger partial charge is 0.381 e. The summed E-state index contributed by atoms with van der Waals surface area (Å²) >= 11 is 6.29. The van der Waals surface area contributed by atoms with Crippen molar-refractivity contribution in [2.45, 2.75) is 18.8 Å². The lowest BCUT2D eigenvalue weighted by atomic mass is 9.72. The molecule has 3 aromatic rings. The molecule has 1 spiro atoms. The zero-order chi connectivity index (χ0) is 20.7. The van der Waals surface area contributed by atoms with Gasteiger partial charge < -0.3 is 14.2 Å². The number of rotatable bonds is 3. The predicted octanol–water partition coefficient (Wildman–Crippen LogP) is 2.90. The summed E-state index contributed by atoms with van der Waals surface area (Å²) in [5.41, 5.74) is 1.88. The fraction of sp³-hybridized carbons (Fsp3) is 0.429. The van der Waals surface area contributed by atoms with Crippen molar-refractivity contribution in [2.24, 2.45) is 12.5 Å². The van der Waals surface area contributed by atoms with E-state index in [1.165, 1.54) is 0 Å². The van der Waals surface area contributed by atoms with Gasteiger partial charge in [-0.2, -0.15) is 5.10 Å². The maximum Gasteiger partial charge on any atom is 0.271 e. The molecule has 1 amide bonds. The van der Waals surface area contributed by atoms with Crippen LogP contribution in [0.3, 0.4) is 0 Å². The van der Waals surface area contributed by atoms with Crippen LogP contribution in [-0.4, -0.2) is 62.1 Å². The van der Waals surface area contributed by atoms with Crippen LogP contribution in [0.1, 0.15) is 35.1 Å². The zero-order valence-corrected chi connectivity index (χ0v) is 17.5. The standard InChI is InChI=1S/C21H23ClN6O2/c1-27-13-23-26-19(27)15-11-28(12-21(15)6-8-30-9-7-21)20(29)18-10-17(24-25-18)14-4-2-3-5-16(14)22/h2-5,10,13,15H,6-9,11-12H2,1H3,(H,24,25). The van der Waals surface area contributed by atoms with Crippen LogP contribution in [0.25, 0.3) is 11.3 Å². The molecule has 5 rings (SSSR count). The fourth-order valence-electron chi connectivity index (χ4n) is 4.78. The highest BCUT2D eigenvalue weighted by atomic mass is 35.5. The topological polar surface area (TPSA) is 88.9 Å². The molecule has 2 fully saturated rings. The minimum atomic E-state index is -0.0589. The molecule has 2 aromatic heterocycles. The second kappa shape index (κ2) is 7.52. The van der Waals surface area contributed by atoms with E-state index in [9.17, 15) is 4.79 Å². The fourth-order valence-corrected chi connectivity index (χ4v) is 5.01. The Morgan fingerprint density at radius 3 is 2.83 bits per heavy atom. The van der Waals surface area contributed by atoms with E-state index in [0.717, 1.165) is 24.2 Å². The average Bonchev–Trinajstić information content (AvgIpc) is 3.48. The summed E-state index contributed by atoms with van der Waals surface area (Å²) in [6, 6.07) is 9.25. The molecule has 0 aliphatic carbocycles. The quantitative estimate of drug-likeness (QED) is 0.695. The Labute approximate surface area is 179 Å². The Hall–Kier alpha value is -2.71. The average molecular weight is 427 g/mol. The van der Waals surface area contributed by atoms with Gasteiger partial charge in [0.25, 0.3) is 5.91 Å². The molecular weight excluding hydrogens is 404 g/mol. The van der Waals surface area contributed by atoms with Crippen molar-refractivity contribution >= 4 is 17.5 Å². The number of likely N-dealkylation sites (tertiary alicyclic amines) is 1. The number of nitrogens with one attached hydrogen (secondary N) is 1. The van der Waals surface area contributed by atoms with E-state index >= 15 is 0 Å². The molecule has 2 aliphatic heterocycles. The maximum absolute atomic E-state index is 13.4. The third-order valence-corrected chi connectivity index (χ3v) is 6.77. The van der Waals surface area contributed by atoms with Gasteiger partial charge in [0.15, 0.2) is 0 Å². The minimum absolute atomic E-state index is 0.0414. The molecule has 1 unspecified atom stereocenters. The minimum Gasteiger partial charge on any atom is -0.381 e. The SMILES string of the molecule is Cn1cnnc1C1CN(C(=O)c2cc(-c3ccccc3Cl)n[nH]2)CC12CCOCC2. The second-order valence-electron chi connectivity index (χ2n) is 8.16. The summed E-state index contributed by atoms with van der Waals surface area (Å²) in [7, 11) is 1.96. The third-order valence-electron chi connectivity index (χ3n) is 6.44. The number of benzene rings is 1. The van der Waals surface area contributed by atoms with E-state index in [2.05, 4.69) is 20.4 Å². The van der Waals surface area contributed by atoms with Gasteiger partial charge >= 0.3 is 0 Å². The number of carbonyl (C=O) groups excluding carboxylic acids is 1. The second-order valence-corrected chi connectivity index (χ2v) is 8.57. The van der Waals surface area contributed by atoms with Crippen LogP contribution in [0.5, 0.6) is 0 Å². The van der Waals surface area contributed by atoms with Crippen LogP contribution in [0.4, 0.5) is 0 Å². The van der Waals surface area contributed by atoms with E-state index in [1.807, 2.05) is 40.8 Å². The first kappa shape index (κ1) is 19.3. The van der Waals surface area contributed by atoms with Gasteiger partial charge in [-0.1, -0.05) is 29.8 Å². The number of halogens is 1. The molecule has 2 aliphatic rings. The first-order valence-electron chi connectivity index (χ1n) is 10.1. The van der Waals surface area contributed by atoms with Crippen LogP contribution in [-0.2, 0) is 11.8 Å². The highest BCUT2D eigenvalue weighted by molar-refractivity contribution is 6.33. The number of amides is 1. The van der Waals surface area contributed by atoms with Crippen LogP contribution in [0, 0.1) is 5.41 Å². The van der Waals surface area contributed by atoms with E-state index < -0.39 is 0 Å². The summed E-state index contributed by atoms with van der Waals surface area (Å²) < 4.78 is 7.58. The molecule has 156 valence electrons. The van der Waals surface area contributed by atoms with Gasteiger partial charge in [-0.05, 0) is 25.0 Å². The molecule has 9 heteroatoms. The maximum atomic E-state index is 13.4. The van der Waals surface area contributed by atoms with E-state index in [1.54, 1.807) is 12.4 Å². The number of hydrogen-bond donors (Lipinski definition) is 1. The molecule has 4 heterocycles. The van der Waals surface area contributed by atoms with E-state index in [0.29, 0.717) is 42.7 Å². The van der Waals surface area contributed by atoms with Gasteiger partial charge in [0.2, 0.25) is 0 Å². The van der Waals surface area contributed by atoms with Gasteiger partial charge in [-0.15, -0.1) is 10.2 Å². The van der Waals surface area contributed by atoms with Gasteiger partial charge in [-0.3, -0.25) is 9.89 Å². The Balaban J connectivity index is 1.43. The van der Waals surface area contributed by atoms with Crippen LogP contribution in [0.15, 0.2) is 36.7 Å². The number of carbonyl (C=O) groups is 1. The molecule has 1 atom stereocenters. The molecule has 0 radical (unpaired) electrons. The lowest BCUT2D eigenvalue weighted by molar-refractivity contribution is 0.0108. The first-order chi connectivity index (χ1) is 14.6. The van der Waals surface area contributed by atoms with Gasteiger partial charge in [-0.25, -0.2) is 0 Å². The van der Waals surface area contributed by atoms with Crippen molar-refractivity contribution < 1.29 is 9.53 Å². The highest BCUT2D eigenvalue weighted by Gasteiger charge is 2.51. The first-order valence-corrected chi connectivity index (χ1v) is 10.5. The van der Waals surface area contributed by atoms with E-state index in [4.69, 9.17) is 16.3 Å². The Bertz CT molecular complexity index is 1070. The highest BCUT2D eigenvalue weighted by Crippen LogP contribution is 2.49. The molecule has 1 aromatic carbocycles. The molecule has 0 bridgehead atoms. The summed E-state index contributed by atoms with van der Waals surface area (Å²) in [6.45, 7) is 2.69. The third kappa shape index (κ3) is 3.20. The Morgan fingerprint density at radius 1 is 1.30 bits per heavy atom. The van der Waals surface area contributed by atoms with Crippen molar-refractivity contribution in [3.05, 3.63) is 53.2 Å². The molecule has 1 N–H and O–H groups in total. The molecule has 2 saturated heterocycles. The van der Waals surface area contributed by atoms with E-state index in [-0.39, 0.29) is 17.2 Å². The van der Waals surface area contributed by atoms with Crippen LogP contribution >= 0.6 is 11.6 Å². The Kier molecular flexibility index (Phi) is 4.83. The van der Waals surface area contributed by atoms with Gasteiger partial charge in [0.05, 0.1) is 10.7 Å². The summed E-state index contributed by atoms with van der Waals surface area (Å²) in [5, 5.41) is 16.3. The predicted molar refractivity (Wildman–Crippen MR) is 111 cm³/mol. The summed E-state index contributed by atoms with van der Waals surface area (Å²) in [4.78, 5) is 15.3. The Morgan fingerprint density at radius 2 is 2.10 bits per heavy atom. The van der Waals surface area contributed by atoms with Crippen molar-refractivity contribution in [2.75, 3.05) is 26.3 Å². The molecule has 8 nitrogen and oxygen atoms in total. The van der Waals surface area contributed by atoms with Gasteiger partial charge in [0, 0.05) is 50.2 Å². The lowest BCUT2D eigenvalue weighted by Gasteiger charge is -2.37. The summed E-state index contributed by atoms with van der Waals surface area (Å²) in [5.74, 6) is 0.994. The number of aromatic nitrogens is 5. The van der Waals surface area contributed by atoms with Crippen molar-refractivity contribution in [1.29, 1.82) is 0 Å². The number of nitrogens with zero attached hydrogens (tertiary/aromatic N) is 5. The zero-order valence-electron chi connectivity index (χ0n) is 16.7. The van der Waals surface area contributed by atoms with Crippen molar-refractivity contribution in [3.8, 4) is 11.3 Å². The molecule has 0 saturated carbocycles. The molecule has 30 heavy (non-hydrogen) atoms.